The largest absolute Gasteiger partial charge is 0.352 e. The molecule has 7 nitrogen and oxygen atoms in total. The van der Waals surface area contributed by atoms with Gasteiger partial charge < -0.3 is 9.88 Å². The van der Waals surface area contributed by atoms with Crippen molar-refractivity contribution in [1.82, 2.24) is 19.2 Å². The Hall–Kier alpha value is -2.97. The number of hydrogen-bond acceptors (Lipinski definition) is 4. The van der Waals surface area contributed by atoms with Crippen molar-refractivity contribution in [3.8, 4) is 0 Å². The number of aromatic nitrogens is 2. The highest BCUT2D eigenvalue weighted by molar-refractivity contribution is 7.89. The van der Waals surface area contributed by atoms with Gasteiger partial charge in [-0.2, -0.15) is 4.31 Å². The lowest BCUT2D eigenvalue weighted by atomic mass is 9.94. The minimum absolute atomic E-state index is 0.167. The van der Waals surface area contributed by atoms with Crippen LogP contribution in [0.15, 0.2) is 71.9 Å². The molecular formula is C26H32N4O3S. The topological polar surface area (TPSA) is 84.3 Å². The van der Waals surface area contributed by atoms with Crippen LogP contribution in [0, 0.1) is 11.8 Å². The van der Waals surface area contributed by atoms with Gasteiger partial charge in [-0.15, -0.1) is 0 Å². The number of piperidine rings is 1. The van der Waals surface area contributed by atoms with E-state index in [4.69, 9.17) is 0 Å². The zero-order valence-corrected chi connectivity index (χ0v) is 20.5. The first-order chi connectivity index (χ1) is 16.3. The SMILES string of the molecule is CC1CC(C)CN(S(=O)(=O)c2cccc(C(=O)NCCc3nccn3Cc3ccccc3)c2)C1. The summed E-state index contributed by atoms with van der Waals surface area (Å²) in [5, 5.41) is 2.90. The van der Waals surface area contributed by atoms with Gasteiger partial charge >= 0.3 is 0 Å². The van der Waals surface area contributed by atoms with Gasteiger partial charge in [0.15, 0.2) is 0 Å². The zero-order valence-electron chi connectivity index (χ0n) is 19.7. The standard InChI is InChI=1S/C26H32N4O3S/c1-20-15-21(2)18-30(17-20)34(32,33)24-10-6-9-23(16-24)26(31)28-12-11-25-27-13-14-29(25)19-22-7-4-3-5-8-22/h3-10,13-14,16,20-21H,11-12,15,17-19H2,1-2H3,(H,28,31). The van der Waals surface area contributed by atoms with Crippen LogP contribution in [0.1, 0.15) is 42.0 Å². The van der Waals surface area contributed by atoms with Crippen molar-refractivity contribution in [2.45, 2.75) is 38.1 Å². The van der Waals surface area contributed by atoms with E-state index in [1.165, 1.54) is 11.6 Å². The number of nitrogens with zero attached hydrogens (tertiary/aromatic N) is 3. The van der Waals surface area contributed by atoms with E-state index in [1.807, 2.05) is 24.4 Å². The highest BCUT2D eigenvalue weighted by Gasteiger charge is 2.31. The first-order valence-corrected chi connectivity index (χ1v) is 13.2. The summed E-state index contributed by atoms with van der Waals surface area (Å²) >= 11 is 0. The molecule has 0 saturated carbocycles. The molecule has 34 heavy (non-hydrogen) atoms. The molecule has 0 spiro atoms. The Balaban J connectivity index is 1.38. The van der Waals surface area contributed by atoms with E-state index in [0.29, 0.717) is 43.5 Å². The molecular weight excluding hydrogens is 448 g/mol. The number of carbonyl (C=O) groups is 1. The van der Waals surface area contributed by atoms with Gasteiger partial charge in [0.1, 0.15) is 5.82 Å². The molecule has 1 aliphatic rings. The van der Waals surface area contributed by atoms with Gasteiger partial charge in [-0.25, -0.2) is 13.4 Å². The molecule has 0 bridgehead atoms. The van der Waals surface area contributed by atoms with E-state index in [9.17, 15) is 13.2 Å². The highest BCUT2D eigenvalue weighted by atomic mass is 32.2. The Labute approximate surface area is 201 Å². The summed E-state index contributed by atoms with van der Waals surface area (Å²) in [4.78, 5) is 17.3. The lowest BCUT2D eigenvalue weighted by molar-refractivity contribution is 0.0953. The third-order valence-electron chi connectivity index (χ3n) is 6.20. The molecule has 0 aliphatic carbocycles. The quantitative estimate of drug-likeness (QED) is 0.534. The van der Waals surface area contributed by atoms with E-state index in [0.717, 1.165) is 18.8 Å². The van der Waals surface area contributed by atoms with Crippen molar-refractivity contribution in [3.05, 3.63) is 83.9 Å². The Bertz CT molecular complexity index is 1210. The zero-order chi connectivity index (χ0) is 24.1. The minimum Gasteiger partial charge on any atom is -0.352 e. The summed E-state index contributed by atoms with van der Waals surface area (Å²) < 4.78 is 30.0. The van der Waals surface area contributed by atoms with Crippen LogP contribution < -0.4 is 5.32 Å². The molecule has 1 aromatic heterocycles. The average molecular weight is 481 g/mol. The second kappa shape index (κ2) is 10.5. The van der Waals surface area contributed by atoms with Gasteiger partial charge in [-0.05, 0) is 42.0 Å². The fourth-order valence-corrected chi connectivity index (χ4v) is 6.36. The summed E-state index contributed by atoms with van der Waals surface area (Å²) in [6.45, 7) is 6.30. The molecule has 3 aromatic rings. The van der Waals surface area contributed by atoms with Gasteiger partial charge in [-0.3, -0.25) is 4.79 Å². The predicted molar refractivity (Wildman–Crippen MR) is 132 cm³/mol. The molecule has 2 unspecified atom stereocenters. The number of hydrogen-bond donors (Lipinski definition) is 1. The van der Waals surface area contributed by atoms with E-state index in [2.05, 4.69) is 40.8 Å². The van der Waals surface area contributed by atoms with Gasteiger partial charge in [-0.1, -0.05) is 50.2 Å². The molecule has 4 rings (SSSR count). The second-order valence-electron chi connectivity index (χ2n) is 9.26. The van der Waals surface area contributed by atoms with E-state index < -0.39 is 10.0 Å². The summed E-state index contributed by atoms with van der Waals surface area (Å²) in [6, 6.07) is 16.5. The maximum Gasteiger partial charge on any atom is 0.251 e. The van der Waals surface area contributed by atoms with Gasteiger partial charge in [0.25, 0.3) is 5.91 Å². The van der Waals surface area contributed by atoms with Crippen LogP contribution in [0.5, 0.6) is 0 Å². The molecule has 1 N–H and O–H groups in total. The van der Waals surface area contributed by atoms with Crippen molar-refractivity contribution in [1.29, 1.82) is 0 Å². The van der Waals surface area contributed by atoms with Crippen LogP contribution in [-0.2, 0) is 23.0 Å². The molecule has 2 atom stereocenters. The lowest BCUT2D eigenvalue weighted by Gasteiger charge is -2.34. The van der Waals surface area contributed by atoms with Crippen molar-refractivity contribution in [2.24, 2.45) is 11.8 Å². The maximum atomic E-state index is 13.2. The van der Waals surface area contributed by atoms with Crippen molar-refractivity contribution < 1.29 is 13.2 Å². The highest BCUT2D eigenvalue weighted by Crippen LogP contribution is 2.27. The fourth-order valence-electron chi connectivity index (χ4n) is 4.63. The van der Waals surface area contributed by atoms with Crippen LogP contribution in [-0.4, -0.2) is 47.8 Å². The number of imidazole rings is 1. The lowest BCUT2D eigenvalue weighted by Crippen LogP contribution is -2.42. The number of sulfonamides is 1. The molecule has 1 amide bonds. The van der Waals surface area contributed by atoms with E-state index in [-0.39, 0.29) is 10.8 Å². The Morgan fingerprint density at radius 3 is 2.53 bits per heavy atom. The number of nitrogens with one attached hydrogen (secondary N) is 1. The van der Waals surface area contributed by atoms with Crippen molar-refractivity contribution in [3.63, 3.8) is 0 Å². The maximum absolute atomic E-state index is 13.2. The molecule has 0 radical (unpaired) electrons. The molecule has 1 aliphatic heterocycles. The summed E-state index contributed by atoms with van der Waals surface area (Å²) in [7, 11) is -3.64. The Kier molecular flexibility index (Phi) is 7.48. The molecule has 1 saturated heterocycles. The predicted octanol–water partition coefficient (Wildman–Crippen LogP) is 3.57. The summed E-state index contributed by atoms with van der Waals surface area (Å²) in [5.41, 5.74) is 1.52. The molecule has 8 heteroatoms. The number of benzene rings is 2. The molecule has 2 heterocycles. The molecule has 2 aromatic carbocycles. The summed E-state index contributed by atoms with van der Waals surface area (Å²) in [6.07, 6.45) is 5.29. The van der Waals surface area contributed by atoms with Crippen LogP contribution in [0.4, 0.5) is 0 Å². The smallest absolute Gasteiger partial charge is 0.251 e. The third-order valence-corrected chi connectivity index (χ3v) is 8.03. The molecule has 180 valence electrons. The van der Waals surface area contributed by atoms with E-state index >= 15 is 0 Å². The third kappa shape index (κ3) is 5.74. The van der Waals surface area contributed by atoms with Gasteiger partial charge in [0.2, 0.25) is 10.0 Å². The Morgan fingerprint density at radius 1 is 1.06 bits per heavy atom. The monoisotopic (exact) mass is 480 g/mol. The molecule has 1 fully saturated rings. The minimum atomic E-state index is -3.64. The Morgan fingerprint density at radius 2 is 1.79 bits per heavy atom. The fraction of sp³-hybridized carbons (Fsp3) is 0.385. The van der Waals surface area contributed by atoms with Crippen LogP contribution in [0.3, 0.4) is 0 Å². The second-order valence-corrected chi connectivity index (χ2v) is 11.2. The normalized spacial score (nSPS) is 19.1. The number of carbonyl (C=O) groups excluding carboxylic acids is 1. The van der Waals surface area contributed by atoms with Crippen molar-refractivity contribution in [2.75, 3.05) is 19.6 Å². The van der Waals surface area contributed by atoms with Gasteiger partial charge in [0, 0.05) is 50.6 Å². The number of rotatable bonds is 8. The van der Waals surface area contributed by atoms with Crippen molar-refractivity contribution >= 4 is 15.9 Å². The van der Waals surface area contributed by atoms with Crippen LogP contribution in [0.25, 0.3) is 0 Å². The average Bonchev–Trinajstić information content (AvgIpc) is 3.26. The number of amides is 1. The first kappa shape index (κ1) is 24.2. The first-order valence-electron chi connectivity index (χ1n) is 11.8. The van der Waals surface area contributed by atoms with Crippen LogP contribution >= 0.6 is 0 Å². The summed E-state index contributed by atoms with van der Waals surface area (Å²) in [5.74, 6) is 1.23. The van der Waals surface area contributed by atoms with Gasteiger partial charge in [0.05, 0.1) is 4.90 Å². The van der Waals surface area contributed by atoms with E-state index in [1.54, 1.807) is 28.7 Å². The van der Waals surface area contributed by atoms with Crippen LogP contribution in [0.2, 0.25) is 0 Å².